The van der Waals surface area contributed by atoms with Crippen LogP contribution in [-0.4, -0.2) is 60.1 Å². The molecule has 0 aromatic heterocycles. The van der Waals surface area contributed by atoms with Crippen LogP contribution in [0, 0.1) is 5.41 Å². The molecule has 22 heavy (non-hydrogen) atoms. The Hall–Kier alpha value is -1.63. The summed E-state index contributed by atoms with van der Waals surface area (Å²) in [4.78, 5) is 36.4. The fourth-order valence-corrected chi connectivity index (χ4v) is 2.56. The van der Waals surface area contributed by atoms with E-state index in [0.717, 1.165) is 0 Å². The standard InChI is InChI=1S/C15H26N2O5/c1-15(2,3)7-12(18)16-8-13(19)17-9-11(22-4)5-10(17)6-14(20)21/h10-11H,5-9H2,1-4H3,(H,16,18)(H,20,21). The molecule has 0 aromatic carbocycles. The van der Waals surface area contributed by atoms with Gasteiger partial charge in [0.15, 0.2) is 0 Å². The molecule has 1 heterocycles. The number of carboxylic acid groups (broad SMARTS) is 1. The average molecular weight is 314 g/mol. The molecule has 0 aliphatic carbocycles. The molecule has 2 amide bonds. The van der Waals surface area contributed by atoms with Gasteiger partial charge in [-0.05, 0) is 11.8 Å². The van der Waals surface area contributed by atoms with Crippen LogP contribution in [0.2, 0.25) is 0 Å². The van der Waals surface area contributed by atoms with Gasteiger partial charge in [0.05, 0.1) is 19.1 Å². The van der Waals surface area contributed by atoms with Gasteiger partial charge < -0.3 is 20.1 Å². The van der Waals surface area contributed by atoms with Crippen molar-refractivity contribution in [2.75, 3.05) is 20.2 Å². The second-order valence-corrected chi connectivity index (χ2v) is 6.91. The third-order valence-electron chi connectivity index (χ3n) is 3.57. The van der Waals surface area contributed by atoms with Crippen molar-refractivity contribution in [2.24, 2.45) is 5.41 Å². The Morgan fingerprint density at radius 1 is 1.32 bits per heavy atom. The molecule has 1 aliphatic heterocycles. The molecule has 0 aromatic rings. The van der Waals surface area contributed by atoms with Gasteiger partial charge in [-0.25, -0.2) is 0 Å². The SMILES string of the molecule is COC1CC(CC(=O)O)N(C(=O)CNC(=O)CC(C)(C)C)C1. The highest BCUT2D eigenvalue weighted by molar-refractivity contribution is 5.85. The van der Waals surface area contributed by atoms with Crippen LogP contribution in [-0.2, 0) is 19.1 Å². The minimum atomic E-state index is -0.948. The van der Waals surface area contributed by atoms with Gasteiger partial charge in [-0.1, -0.05) is 20.8 Å². The van der Waals surface area contributed by atoms with E-state index in [4.69, 9.17) is 9.84 Å². The third kappa shape index (κ3) is 6.01. The molecule has 126 valence electrons. The molecule has 0 spiro atoms. The van der Waals surface area contributed by atoms with Gasteiger partial charge in [-0.3, -0.25) is 14.4 Å². The van der Waals surface area contributed by atoms with Gasteiger partial charge in [0.25, 0.3) is 0 Å². The second kappa shape index (κ2) is 7.58. The van der Waals surface area contributed by atoms with E-state index < -0.39 is 5.97 Å². The molecule has 0 radical (unpaired) electrons. The highest BCUT2D eigenvalue weighted by Gasteiger charge is 2.36. The van der Waals surface area contributed by atoms with Crippen LogP contribution < -0.4 is 5.32 Å². The van der Waals surface area contributed by atoms with Gasteiger partial charge in [0, 0.05) is 26.1 Å². The van der Waals surface area contributed by atoms with E-state index in [-0.39, 0.29) is 42.3 Å². The average Bonchev–Trinajstić information content (AvgIpc) is 2.76. The molecule has 1 fully saturated rings. The summed E-state index contributed by atoms with van der Waals surface area (Å²) >= 11 is 0. The molecule has 1 aliphatic rings. The van der Waals surface area contributed by atoms with Gasteiger partial charge in [-0.2, -0.15) is 0 Å². The topological polar surface area (TPSA) is 95.9 Å². The van der Waals surface area contributed by atoms with Crippen molar-refractivity contribution in [2.45, 2.75) is 52.2 Å². The van der Waals surface area contributed by atoms with Crippen molar-refractivity contribution in [3.63, 3.8) is 0 Å². The van der Waals surface area contributed by atoms with Crippen LogP contribution in [0.1, 0.15) is 40.0 Å². The number of rotatable bonds is 6. The normalized spacial score (nSPS) is 21.7. The monoisotopic (exact) mass is 314 g/mol. The molecule has 2 N–H and O–H groups in total. The lowest BCUT2D eigenvalue weighted by atomic mass is 9.92. The summed E-state index contributed by atoms with van der Waals surface area (Å²) in [5, 5.41) is 11.5. The first kappa shape index (κ1) is 18.4. The largest absolute Gasteiger partial charge is 0.481 e. The zero-order valence-electron chi connectivity index (χ0n) is 13.7. The van der Waals surface area contributed by atoms with Gasteiger partial charge in [0.2, 0.25) is 11.8 Å². The van der Waals surface area contributed by atoms with Crippen molar-refractivity contribution in [1.29, 1.82) is 0 Å². The lowest BCUT2D eigenvalue weighted by molar-refractivity contribution is -0.140. The number of aliphatic carboxylic acids is 1. The highest BCUT2D eigenvalue weighted by Crippen LogP contribution is 2.23. The molecule has 0 bridgehead atoms. The zero-order chi connectivity index (χ0) is 16.9. The summed E-state index contributed by atoms with van der Waals surface area (Å²) in [5.74, 6) is -1.40. The van der Waals surface area contributed by atoms with Crippen LogP contribution >= 0.6 is 0 Å². The number of amides is 2. The zero-order valence-corrected chi connectivity index (χ0v) is 13.7. The van der Waals surface area contributed by atoms with E-state index in [2.05, 4.69) is 5.32 Å². The molecule has 1 rings (SSSR count). The Kier molecular flexibility index (Phi) is 6.34. The van der Waals surface area contributed by atoms with Gasteiger partial charge >= 0.3 is 5.97 Å². The van der Waals surface area contributed by atoms with Crippen LogP contribution in [0.3, 0.4) is 0 Å². The third-order valence-corrected chi connectivity index (χ3v) is 3.57. The van der Waals surface area contributed by atoms with E-state index in [1.807, 2.05) is 20.8 Å². The molecule has 2 unspecified atom stereocenters. The fourth-order valence-electron chi connectivity index (χ4n) is 2.56. The Morgan fingerprint density at radius 2 is 1.95 bits per heavy atom. The summed E-state index contributed by atoms with van der Waals surface area (Å²) in [6, 6.07) is -0.380. The molecular weight excluding hydrogens is 288 g/mol. The van der Waals surface area contributed by atoms with Crippen LogP contribution in [0.15, 0.2) is 0 Å². The number of nitrogens with one attached hydrogen (secondary N) is 1. The summed E-state index contributed by atoms with van der Waals surface area (Å²) in [7, 11) is 1.54. The predicted octanol–water partition coefficient (Wildman–Crippen LogP) is 0.629. The van der Waals surface area contributed by atoms with E-state index in [9.17, 15) is 14.4 Å². The number of carboxylic acids is 1. The molecule has 2 atom stereocenters. The van der Waals surface area contributed by atoms with Crippen molar-refractivity contribution in [3.05, 3.63) is 0 Å². The summed E-state index contributed by atoms with van der Waals surface area (Å²) < 4.78 is 5.22. The minimum Gasteiger partial charge on any atom is -0.481 e. The van der Waals surface area contributed by atoms with Crippen LogP contribution in [0.25, 0.3) is 0 Å². The van der Waals surface area contributed by atoms with Gasteiger partial charge in [0.1, 0.15) is 0 Å². The van der Waals surface area contributed by atoms with Crippen molar-refractivity contribution in [3.8, 4) is 0 Å². The Bertz CT molecular complexity index is 430. The maximum absolute atomic E-state index is 12.2. The number of hydrogen-bond donors (Lipinski definition) is 2. The molecule has 7 heteroatoms. The molecule has 0 saturated carbocycles. The Labute approximate surface area is 131 Å². The lowest BCUT2D eigenvalue weighted by Gasteiger charge is -2.24. The maximum Gasteiger partial charge on any atom is 0.305 e. The van der Waals surface area contributed by atoms with E-state index in [1.165, 1.54) is 4.90 Å². The smallest absolute Gasteiger partial charge is 0.305 e. The number of ether oxygens (including phenoxy) is 1. The van der Waals surface area contributed by atoms with Crippen molar-refractivity contribution < 1.29 is 24.2 Å². The van der Waals surface area contributed by atoms with Gasteiger partial charge in [-0.15, -0.1) is 0 Å². The number of carbonyl (C=O) groups excluding carboxylic acids is 2. The van der Waals surface area contributed by atoms with Crippen LogP contribution in [0.4, 0.5) is 0 Å². The second-order valence-electron chi connectivity index (χ2n) is 6.91. The molecule has 1 saturated heterocycles. The van der Waals surface area contributed by atoms with Crippen molar-refractivity contribution >= 4 is 17.8 Å². The van der Waals surface area contributed by atoms with Crippen molar-refractivity contribution in [1.82, 2.24) is 10.2 Å². The Morgan fingerprint density at radius 3 is 2.45 bits per heavy atom. The molecule has 7 nitrogen and oxygen atoms in total. The summed E-state index contributed by atoms with van der Waals surface area (Å²) in [6.07, 6.45) is 0.574. The number of nitrogens with zero attached hydrogens (tertiary/aromatic N) is 1. The highest BCUT2D eigenvalue weighted by atomic mass is 16.5. The lowest BCUT2D eigenvalue weighted by Crippen LogP contribution is -2.44. The number of methoxy groups -OCH3 is 1. The van der Waals surface area contributed by atoms with E-state index >= 15 is 0 Å². The first-order valence-electron chi connectivity index (χ1n) is 7.43. The van der Waals surface area contributed by atoms with Crippen LogP contribution in [0.5, 0.6) is 0 Å². The number of hydrogen-bond acceptors (Lipinski definition) is 4. The van der Waals surface area contributed by atoms with E-state index in [1.54, 1.807) is 7.11 Å². The summed E-state index contributed by atoms with van der Waals surface area (Å²) in [5.41, 5.74) is -0.145. The number of carbonyl (C=O) groups is 3. The minimum absolute atomic E-state index is 0.110. The summed E-state index contributed by atoms with van der Waals surface area (Å²) in [6.45, 7) is 6.09. The Balaban J connectivity index is 2.55. The molecular formula is C15H26N2O5. The quantitative estimate of drug-likeness (QED) is 0.749. The fraction of sp³-hybridized carbons (Fsp3) is 0.800. The predicted molar refractivity (Wildman–Crippen MR) is 80.2 cm³/mol. The first-order valence-corrected chi connectivity index (χ1v) is 7.43. The number of likely N-dealkylation sites (tertiary alicyclic amines) is 1. The first-order chi connectivity index (χ1) is 10.1. The van der Waals surface area contributed by atoms with E-state index in [0.29, 0.717) is 19.4 Å². The maximum atomic E-state index is 12.2.